The van der Waals surface area contributed by atoms with Crippen molar-refractivity contribution >= 4 is 17.4 Å². The van der Waals surface area contributed by atoms with E-state index < -0.39 is 0 Å². The average molecular weight is 335 g/mol. The maximum Gasteiger partial charge on any atom is 0.138 e. The van der Waals surface area contributed by atoms with Crippen molar-refractivity contribution in [1.29, 1.82) is 0 Å². The highest BCUT2D eigenvalue weighted by Gasteiger charge is 2.06. The molecule has 4 N–H and O–H groups in total. The zero-order valence-corrected chi connectivity index (χ0v) is 14.3. The summed E-state index contributed by atoms with van der Waals surface area (Å²) in [5.74, 6) is 0.662. The monoisotopic (exact) mass is 334 g/mol. The van der Waals surface area contributed by atoms with Gasteiger partial charge in [-0.25, -0.2) is 9.97 Å². The van der Waals surface area contributed by atoms with Crippen LogP contribution in [0.4, 0.5) is 5.82 Å². The number of halogens is 1. The van der Waals surface area contributed by atoms with E-state index in [2.05, 4.69) is 38.6 Å². The molecule has 1 aliphatic rings. The molecule has 0 saturated heterocycles. The Bertz CT molecular complexity index is 623. The van der Waals surface area contributed by atoms with Crippen LogP contribution in [0.5, 0.6) is 0 Å². The zero-order chi connectivity index (χ0) is 16.7. The summed E-state index contributed by atoms with van der Waals surface area (Å²) in [6.45, 7) is 4.70. The summed E-state index contributed by atoms with van der Waals surface area (Å²) in [6, 6.07) is 0. The molecule has 0 bridgehead atoms. The van der Waals surface area contributed by atoms with E-state index in [4.69, 9.17) is 17.3 Å². The number of nitrogens with zero attached hydrogens (tertiary/aromatic N) is 3. The molecule has 1 aromatic heterocycles. The Kier molecular flexibility index (Phi) is 6.43. The van der Waals surface area contributed by atoms with Gasteiger partial charge in [0.05, 0.1) is 5.70 Å². The number of likely N-dealkylation sites (N-methyl/N-ethyl adjacent to an activating group) is 1. The molecule has 2 rings (SSSR count). The molecule has 0 amide bonds. The largest absolute Gasteiger partial charge is 0.399 e. The lowest BCUT2D eigenvalue weighted by Gasteiger charge is -2.16. The number of anilines is 1. The van der Waals surface area contributed by atoms with Gasteiger partial charge in [-0.05, 0) is 32.5 Å². The van der Waals surface area contributed by atoms with Crippen LogP contribution in [0.15, 0.2) is 42.1 Å². The Morgan fingerprint density at radius 1 is 1.35 bits per heavy atom. The molecule has 0 radical (unpaired) electrons. The second-order valence-corrected chi connectivity index (χ2v) is 5.81. The molecule has 0 atom stereocenters. The van der Waals surface area contributed by atoms with Crippen molar-refractivity contribution in [2.24, 2.45) is 5.73 Å². The summed E-state index contributed by atoms with van der Waals surface area (Å²) in [5.41, 5.74) is 8.34. The van der Waals surface area contributed by atoms with E-state index in [9.17, 15) is 0 Å². The smallest absolute Gasteiger partial charge is 0.138 e. The maximum atomic E-state index is 6.05. The number of rotatable bonds is 2. The predicted molar refractivity (Wildman–Crippen MR) is 95.0 cm³/mol. The third-order valence-corrected chi connectivity index (χ3v) is 3.87. The van der Waals surface area contributed by atoms with Crippen LogP contribution in [-0.2, 0) is 0 Å². The van der Waals surface area contributed by atoms with Crippen molar-refractivity contribution in [2.75, 3.05) is 32.0 Å². The SMILES string of the molecule is Cc1c(Cl)ncnc1NC1=CNCCN(C)CC/C=C/C(N)=C1. The summed E-state index contributed by atoms with van der Waals surface area (Å²) in [5, 5.41) is 6.97. The molecule has 7 heteroatoms. The van der Waals surface area contributed by atoms with Crippen LogP contribution in [0, 0.1) is 6.92 Å². The summed E-state index contributed by atoms with van der Waals surface area (Å²) >= 11 is 6.04. The Morgan fingerprint density at radius 3 is 3.00 bits per heavy atom. The topological polar surface area (TPSA) is 79.1 Å². The Labute approximate surface area is 142 Å². The third-order valence-electron chi connectivity index (χ3n) is 3.49. The van der Waals surface area contributed by atoms with Crippen LogP contribution in [-0.4, -0.2) is 41.5 Å². The predicted octanol–water partition coefficient (Wildman–Crippen LogP) is 2.02. The molecule has 0 spiro atoms. The molecular formula is C16H23ClN6. The molecule has 6 nitrogen and oxygen atoms in total. The molecule has 0 unspecified atom stereocenters. The van der Waals surface area contributed by atoms with Gasteiger partial charge in [0, 0.05) is 37.1 Å². The minimum Gasteiger partial charge on any atom is -0.399 e. The second-order valence-electron chi connectivity index (χ2n) is 5.46. The van der Waals surface area contributed by atoms with E-state index in [1.54, 1.807) is 0 Å². The summed E-state index contributed by atoms with van der Waals surface area (Å²) in [6.07, 6.45) is 10.2. The summed E-state index contributed by atoms with van der Waals surface area (Å²) in [7, 11) is 2.11. The van der Waals surface area contributed by atoms with Crippen molar-refractivity contribution in [3.05, 3.63) is 52.9 Å². The highest BCUT2D eigenvalue weighted by atomic mass is 35.5. The molecule has 0 aliphatic carbocycles. The van der Waals surface area contributed by atoms with E-state index in [1.165, 1.54) is 6.33 Å². The van der Waals surface area contributed by atoms with E-state index in [0.717, 1.165) is 37.3 Å². The molecule has 1 aliphatic heterocycles. The van der Waals surface area contributed by atoms with Gasteiger partial charge in [0.25, 0.3) is 0 Å². The van der Waals surface area contributed by atoms with Crippen LogP contribution in [0.1, 0.15) is 12.0 Å². The van der Waals surface area contributed by atoms with E-state index in [1.807, 2.05) is 25.3 Å². The van der Waals surface area contributed by atoms with Gasteiger partial charge in [-0.2, -0.15) is 0 Å². The van der Waals surface area contributed by atoms with Gasteiger partial charge in [-0.1, -0.05) is 17.7 Å². The lowest BCUT2D eigenvalue weighted by atomic mass is 10.2. The minimum absolute atomic E-state index is 0.433. The fourth-order valence-electron chi connectivity index (χ4n) is 2.10. The Hall–Kier alpha value is -2.05. The van der Waals surface area contributed by atoms with Gasteiger partial charge in [0.1, 0.15) is 17.3 Å². The fraction of sp³-hybridized carbons (Fsp3) is 0.375. The van der Waals surface area contributed by atoms with E-state index >= 15 is 0 Å². The molecule has 0 aromatic carbocycles. The molecular weight excluding hydrogens is 312 g/mol. The number of aromatic nitrogens is 2. The molecule has 23 heavy (non-hydrogen) atoms. The number of nitrogens with one attached hydrogen (secondary N) is 2. The first kappa shape index (κ1) is 17.3. The van der Waals surface area contributed by atoms with Crippen LogP contribution < -0.4 is 16.4 Å². The average Bonchev–Trinajstić information content (AvgIpc) is 2.51. The molecule has 1 aromatic rings. The standard InChI is InChI=1S/C16H23ClN6/c1-12-15(17)20-11-21-16(12)22-14-9-13(18)5-3-4-7-23(2)8-6-19-10-14/h3,5,9-11,19H,4,6-8,18H2,1-2H3,(H,20,21,22)/b5-3+,13-9?,14-10?. The van der Waals surface area contributed by atoms with E-state index in [0.29, 0.717) is 16.7 Å². The van der Waals surface area contributed by atoms with Crippen molar-refractivity contribution in [3.63, 3.8) is 0 Å². The molecule has 0 fully saturated rings. The summed E-state index contributed by atoms with van der Waals surface area (Å²) in [4.78, 5) is 10.5. The highest BCUT2D eigenvalue weighted by molar-refractivity contribution is 6.30. The van der Waals surface area contributed by atoms with E-state index in [-0.39, 0.29) is 0 Å². The maximum absolute atomic E-state index is 6.05. The van der Waals surface area contributed by atoms with Crippen molar-refractivity contribution < 1.29 is 0 Å². The third kappa shape index (κ3) is 5.58. The summed E-state index contributed by atoms with van der Waals surface area (Å²) < 4.78 is 0. The molecule has 2 heterocycles. The van der Waals surface area contributed by atoms with Gasteiger partial charge in [0.15, 0.2) is 0 Å². The number of nitrogens with two attached hydrogens (primary N) is 1. The van der Waals surface area contributed by atoms with Crippen LogP contribution in [0.3, 0.4) is 0 Å². The number of hydrogen-bond acceptors (Lipinski definition) is 6. The second kappa shape index (κ2) is 8.55. The lowest BCUT2D eigenvalue weighted by Crippen LogP contribution is -2.28. The van der Waals surface area contributed by atoms with Crippen molar-refractivity contribution in [1.82, 2.24) is 20.2 Å². The van der Waals surface area contributed by atoms with Gasteiger partial charge >= 0.3 is 0 Å². The van der Waals surface area contributed by atoms with Crippen LogP contribution in [0.2, 0.25) is 5.15 Å². The quantitative estimate of drug-likeness (QED) is 0.718. The minimum atomic E-state index is 0.433. The van der Waals surface area contributed by atoms with Crippen LogP contribution in [0.25, 0.3) is 0 Å². The fourth-order valence-corrected chi connectivity index (χ4v) is 2.23. The molecule has 124 valence electrons. The zero-order valence-electron chi connectivity index (χ0n) is 13.5. The first-order chi connectivity index (χ1) is 11.1. The van der Waals surface area contributed by atoms with Gasteiger partial charge in [-0.15, -0.1) is 0 Å². The van der Waals surface area contributed by atoms with Gasteiger partial charge in [0.2, 0.25) is 0 Å². The van der Waals surface area contributed by atoms with Crippen LogP contribution >= 0.6 is 11.6 Å². The van der Waals surface area contributed by atoms with Crippen molar-refractivity contribution in [2.45, 2.75) is 13.3 Å². The molecule has 0 saturated carbocycles. The number of allylic oxidation sites excluding steroid dienone is 2. The Morgan fingerprint density at radius 2 is 2.17 bits per heavy atom. The highest BCUT2D eigenvalue weighted by Crippen LogP contribution is 2.19. The lowest BCUT2D eigenvalue weighted by molar-refractivity contribution is 0.343. The van der Waals surface area contributed by atoms with Gasteiger partial charge in [-0.3, -0.25) is 0 Å². The number of hydrogen-bond donors (Lipinski definition) is 3. The van der Waals surface area contributed by atoms with Crippen molar-refractivity contribution in [3.8, 4) is 0 Å². The first-order valence-electron chi connectivity index (χ1n) is 7.56. The Balaban J connectivity index is 2.21. The first-order valence-corrected chi connectivity index (χ1v) is 7.94. The normalized spacial score (nSPS) is 18.7. The van der Waals surface area contributed by atoms with Gasteiger partial charge < -0.3 is 21.3 Å².